The van der Waals surface area contributed by atoms with Gasteiger partial charge < -0.3 is 10.2 Å². The summed E-state index contributed by atoms with van der Waals surface area (Å²) in [5.74, 6) is -0.747. The molecule has 4 nitrogen and oxygen atoms in total. The van der Waals surface area contributed by atoms with Gasteiger partial charge in [-0.3, -0.25) is 9.69 Å². The van der Waals surface area contributed by atoms with Gasteiger partial charge in [-0.2, -0.15) is 0 Å². The summed E-state index contributed by atoms with van der Waals surface area (Å²) >= 11 is 0. The molecule has 2 N–H and O–H groups in total. The summed E-state index contributed by atoms with van der Waals surface area (Å²) in [5.41, 5.74) is -0.693. The fourth-order valence-corrected chi connectivity index (χ4v) is 2.09. The molecule has 0 bridgehead atoms. The Balaban J connectivity index is 2.49. The summed E-state index contributed by atoms with van der Waals surface area (Å²) < 4.78 is 0. The molecule has 4 heteroatoms. The van der Waals surface area contributed by atoms with Crippen LogP contribution in [0.2, 0.25) is 0 Å². The first-order valence-electron chi connectivity index (χ1n) is 5.63. The number of rotatable bonds is 5. The molecule has 1 aliphatic rings. The molecule has 1 heterocycles. The van der Waals surface area contributed by atoms with Gasteiger partial charge in [-0.05, 0) is 32.7 Å². The normalized spacial score (nSPS) is 26.5. The van der Waals surface area contributed by atoms with Crippen molar-refractivity contribution in [3.63, 3.8) is 0 Å². The number of aliphatic hydroxyl groups is 1. The lowest BCUT2D eigenvalue weighted by Gasteiger charge is -2.31. The molecule has 0 radical (unpaired) electrons. The molecule has 1 aliphatic heterocycles. The molecule has 1 saturated heterocycles. The molecule has 0 aromatic heterocycles. The molecule has 2 atom stereocenters. The Labute approximate surface area is 90.9 Å². The summed E-state index contributed by atoms with van der Waals surface area (Å²) in [7, 11) is 0. The van der Waals surface area contributed by atoms with E-state index in [0.717, 1.165) is 19.4 Å². The van der Waals surface area contributed by atoms with E-state index < -0.39 is 11.6 Å². The lowest BCUT2D eigenvalue weighted by atomic mass is 10.0. The Morgan fingerprint density at radius 1 is 1.60 bits per heavy atom. The summed E-state index contributed by atoms with van der Waals surface area (Å²) in [5, 5.41) is 18.7. The quantitative estimate of drug-likeness (QED) is 0.720. The van der Waals surface area contributed by atoms with E-state index in [1.807, 2.05) is 13.8 Å². The molecule has 0 aromatic carbocycles. The Hall–Kier alpha value is -0.610. The van der Waals surface area contributed by atoms with Crippen LogP contribution in [0, 0.1) is 0 Å². The topological polar surface area (TPSA) is 60.8 Å². The SMILES string of the molecule is CCC(C)(O)CN1CCCC1CC(=O)O. The van der Waals surface area contributed by atoms with Crippen molar-refractivity contribution in [1.29, 1.82) is 0 Å². The standard InChI is InChI=1S/C11H21NO3/c1-3-11(2,15)8-12-6-4-5-9(12)7-10(13)14/h9,15H,3-8H2,1-2H3,(H,13,14). The van der Waals surface area contributed by atoms with Gasteiger partial charge in [-0.25, -0.2) is 0 Å². The maximum absolute atomic E-state index is 10.6. The highest BCUT2D eigenvalue weighted by Gasteiger charge is 2.31. The third kappa shape index (κ3) is 3.80. The monoisotopic (exact) mass is 215 g/mol. The first kappa shape index (κ1) is 12.5. The Bertz CT molecular complexity index is 228. The smallest absolute Gasteiger partial charge is 0.304 e. The minimum atomic E-state index is -0.747. The lowest BCUT2D eigenvalue weighted by Crippen LogP contribution is -2.43. The van der Waals surface area contributed by atoms with Crippen LogP contribution in [0.3, 0.4) is 0 Å². The molecule has 88 valence electrons. The Kier molecular flexibility index (Phi) is 4.11. The molecule has 0 spiro atoms. The van der Waals surface area contributed by atoms with Gasteiger partial charge in [0.2, 0.25) is 0 Å². The minimum absolute atomic E-state index is 0.112. The van der Waals surface area contributed by atoms with Crippen molar-refractivity contribution in [1.82, 2.24) is 4.90 Å². The van der Waals surface area contributed by atoms with Crippen molar-refractivity contribution in [3.05, 3.63) is 0 Å². The van der Waals surface area contributed by atoms with Crippen LogP contribution in [-0.2, 0) is 4.79 Å². The average molecular weight is 215 g/mol. The molecule has 0 saturated carbocycles. The van der Waals surface area contributed by atoms with E-state index >= 15 is 0 Å². The minimum Gasteiger partial charge on any atom is -0.481 e. The molecule has 1 rings (SSSR count). The molecule has 0 aliphatic carbocycles. The van der Waals surface area contributed by atoms with Crippen LogP contribution in [-0.4, -0.2) is 45.8 Å². The van der Waals surface area contributed by atoms with Crippen LogP contribution < -0.4 is 0 Å². The second-order valence-electron chi connectivity index (χ2n) is 4.71. The number of likely N-dealkylation sites (tertiary alicyclic amines) is 1. The summed E-state index contributed by atoms with van der Waals surface area (Å²) in [6.07, 6.45) is 2.87. The van der Waals surface area contributed by atoms with Gasteiger partial charge in [-0.15, -0.1) is 0 Å². The Morgan fingerprint density at radius 3 is 2.80 bits per heavy atom. The maximum Gasteiger partial charge on any atom is 0.304 e. The van der Waals surface area contributed by atoms with Crippen LogP contribution in [0.25, 0.3) is 0 Å². The van der Waals surface area contributed by atoms with Crippen LogP contribution >= 0.6 is 0 Å². The number of hydrogen-bond acceptors (Lipinski definition) is 3. The van der Waals surface area contributed by atoms with Crippen molar-refractivity contribution in [2.45, 2.75) is 51.2 Å². The van der Waals surface area contributed by atoms with E-state index in [1.165, 1.54) is 0 Å². The van der Waals surface area contributed by atoms with Gasteiger partial charge in [0.15, 0.2) is 0 Å². The summed E-state index contributed by atoms with van der Waals surface area (Å²) in [6, 6.07) is 0.112. The maximum atomic E-state index is 10.6. The average Bonchev–Trinajstić information content (AvgIpc) is 2.51. The fourth-order valence-electron chi connectivity index (χ4n) is 2.09. The van der Waals surface area contributed by atoms with E-state index in [1.54, 1.807) is 0 Å². The molecule has 0 aromatic rings. The third-order valence-electron chi connectivity index (χ3n) is 3.21. The first-order chi connectivity index (χ1) is 6.94. The third-order valence-corrected chi connectivity index (χ3v) is 3.21. The van der Waals surface area contributed by atoms with Crippen LogP contribution in [0.5, 0.6) is 0 Å². The Morgan fingerprint density at radius 2 is 2.27 bits per heavy atom. The van der Waals surface area contributed by atoms with E-state index in [4.69, 9.17) is 5.11 Å². The van der Waals surface area contributed by atoms with Crippen molar-refractivity contribution in [3.8, 4) is 0 Å². The van der Waals surface area contributed by atoms with Gasteiger partial charge in [-0.1, -0.05) is 6.92 Å². The van der Waals surface area contributed by atoms with Crippen molar-refractivity contribution < 1.29 is 15.0 Å². The van der Waals surface area contributed by atoms with Crippen LogP contribution in [0.1, 0.15) is 39.5 Å². The molecule has 2 unspecified atom stereocenters. The second kappa shape index (κ2) is 4.94. The molecule has 15 heavy (non-hydrogen) atoms. The van der Waals surface area contributed by atoms with Gasteiger partial charge >= 0.3 is 5.97 Å². The number of hydrogen-bond donors (Lipinski definition) is 2. The first-order valence-corrected chi connectivity index (χ1v) is 5.63. The zero-order valence-corrected chi connectivity index (χ0v) is 9.57. The lowest BCUT2D eigenvalue weighted by molar-refractivity contribution is -0.138. The van der Waals surface area contributed by atoms with Crippen LogP contribution in [0.4, 0.5) is 0 Å². The second-order valence-corrected chi connectivity index (χ2v) is 4.71. The molecule has 0 amide bonds. The van der Waals surface area contributed by atoms with Crippen molar-refractivity contribution in [2.24, 2.45) is 0 Å². The van der Waals surface area contributed by atoms with Gasteiger partial charge in [0.25, 0.3) is 0 Å². The van der Waals surface area contributed by atoms with E-state index in [2.05, 4.69) is 4.90 Å². The zero-order chi connectivity index (χ0) is 11.5. The highest BCUT2D eigenvalue weighted by atomic mass is 16.4. The van der Waals surface area contributed by atoms with Crippen molar-refractivity contribution in [2.75, 3.05) is 13.1 Å². The predicted molar refractivity (Wildman–Crippen MR) is 57.8 cm³/mol. The van der Waals surface area contributed by atoms with Crippen LogP contribution in [0.15, 0.2) is 0 Å². The van der Waals surface area contributed by atoms with Gasteiger partial charge in [0.1, 0.15) is 0 Å². The van der Waals surface area contributed by atoms with E-state index in [-0.39, 0.29) is 12.5 Å². The zero-order valence-electron chi connectivity index (χ0n) is 9.57. The molecule has 1 fully saturated rings. The van der Waals surface area contributed by atoms with E-state index in [0.29, 0.717) is 13.0 Å². The number of carboxylic acid groups (broad SMARTS) is 1. The number of aliphatic carboxylic acids is 1. The number of nitrogens with zero attached hydrogens (tertiary/aromatic N) is 1. The fraction of sp³-hybridized carbons (Fsp3) is 0.909. The summed E-state index contributed by atoms with van der Waals surface area (Å²) in [6.45, 7) is 5.25. The van der Waals surface area contributed by atoms with Gasteiger partial charge in [0, 0.05) is 12.6 Å². The number of carboxylic acids is 1. The molecular weight excluding hydrogens is 194 g/mol. The summed E-state index contributed by atoms with van der Waals surface area (Å²) in [4.78, 5) is 12.8. The number of β-amino-alcohol motifs (C(OH)–C–C–N with tert-alkyl or cyclic N) is 1. The van der Waals surface area contributed by atoms with E-state index in [9.17, 15) is 9.90 Å². The largest absolute Gasteiger partial charge is 0.481 e. The molecular formula is C11H21NO3. The van der Waals surface area contributed by atoms with Crippen molar-refractivity contribution >= 4 is 5.97 Å². The highest BCUT2D eigenvalue weighted by Crippen LogP contribution is 2.23. The number of carbonyl (C=O) groups is 1. The van der Waals surface area contributed by atoms with Gasteiger partial charge in [0.05, 0.1) is 12.0 Å². The highest BCUT2D eigenvalue weighted by molar-refractivity contribution is 5.67. The predicted octanol–water partition coefficient (Wildman–Crippen LogP) is 1.09.